The van der Waals surface area contributed by atoms with Crippen LogP contribution >= 0.6 is 0 Å². The van der Waals surface area contributed by atoms with Crippen LogP contribution in [-0.4, -0.2) is 28.5 Å². The molecule has 0 saturated carbocycles. The third-order valence-corrected chi connectivity index (χ3v) is 4.41. The van der Waals surface area contributed by atoms with Crippen LogP contribution < -0.4 is 5.56 Å². The van der Waals surface area contributed by atoms with Crippen molar-refractivity contribution >= 4 is 5.91 Å². The van der Waals surface area contributed by atoms with Gasteiger partial charge in [0.25, 0.3) is 5.56 Å². The Balaban J connectivity index is 1.91. The summed E-state index contributed by atoms with van der Waals surface area (Å²) < 4.78 is 1.90. The van der Waals surface area contributed by atoms with E-state index in [0.717, 1.165) is 31.7 Å². The molecule has 0 aliphatic carbocycles. The number of rotatable bonds is 0. The summed E-state index contributed by atoms with van der Waals surface area (Å²) >= 11 is 0. The van der Waals surface area contributed by atoms with Gasteiger partial charge in [0.1, 0.15) is 0 Å². The van der Waals surface area contributed by atoms with Crippen molar-refractivity contribution in [1.29, 1.82) is 0 Å². The fourth-order valence-electron chi connectivity index (χ4n) is 3.54. The SMILES string of the molecule is CC(C)(C)C(=O)N1CC2CC(C1)c1cccc(=O)n1C2. The lowest BCUT2D eigenvalue weighted by Gasteiger charge is -2.44. The molecule has 0 spiro atoms. The lowest BCUT2D eigenvalue weighted by atomic mass is 9.82. The van der Waals surface area contributed by atoms with Crippen molar-refractivity contribution in [2.75, 3.05) is 13.1 Å². The molecule has 2 aliphatic heterocycles. The molecule has 2 unspecified atom stereocenters. The number of carbonyl (C=O) groups is 1. The molecule has 4 nitrogen and oxygen atoms in total. The smallest absolute Gasteiger partial charge is 0.250 e. The Morgan fingerprint density at radius 1 is 1.20 bits per heavy atom. The van der Waals surface area contributed by atoms with E-state index in [1.54, 1.807) is 6.07 Å². The number of carbonyl (C=O) groups excluding carboxylic acids is 1. The number of nitrogens with zero attached hydrogens (tertiary/aromatic N) is 2. The van der Waals surface area contributed by atoms with E-state index in [2.05, 4.69) is 0 Å². The van der Waals surface area contributed by atoms with E-state index in [1.807, 2.05) is 42.4 Å². The van der Waals surface area contributed by atoms with E-state index < -0.39 is 0 Å². The van der Waals surface area contributed by atoms with Gasteiger partial charge in [-0.3, -0.25) is 9.59 Å². The van der Waals surface area contributed by atoms with Gasteiger partial charge >= 0.3 is 0 Å². The molecular formula is C16H22N2O2. The molecule has 2 atom stereocenters. The number of likely N-dealkylation sites (tertiary alicyclic amines) is 1. The van der Waals surface area contributed by atoms with Crippen LogP contribution in [0.25, 0.3) is 0 Å². The zero-order valence-electron chi connectivity index (χ0n) is 12.4. The normalized spacial score (nSPS) is 25.2. The van der Waals surface area contributed by atoms with Gasteiger partial charge in [-0.1, -0.05) is 26.8 Å². The van der Waals surface area contributed by atoms with E-state index in [0.29, 0.717) is 11.8 Å². The van der Waals surface area contributed by atoms with Gasteiger partial charge in [0, 0.05) is 42.7 Å². The van der Waals surface area contributed by atoms with Crippen molar-refractivity contribution < 1.29 is 4.79 Å². The van der Waals surface area contributed by atoms with Crippen molar-refractivity contribution in [1.82, 2.24) is 9.47 Å². The minimum Gasteiger partial charge on any atom is -0.341 e. The Labute approximate surface area is 119 Å². The molecular weight excluding hydrogens is 252 g/mol. The quantitative estimate of drug-likeness (QED) is 0.724. The highest BCUT2D eigenvalue weighted by Crippen LogP contribution is 2.36. The van der Waals surface area contributed by atoms with Gasteiger partial charge in [0.15, 0.2) is 0 Å². The molecule has 2 bridgehead atoms. The largest absolute Gasteiger partial charge is 0.341 e. The van der Waals surface area contributed by atoms with Crippen LogP contribution in [0.3, 0.4) is 0 Å². The minimum absolute atomic E-state index is 0.0906. The highest BCUT2D eigenvalue weighted by atomic mass is 16.2. The summed E-state index contributed by atoms with van der Waals surface area (Å²) in [4.78, 5) is 26.4. The second kappa shape index (κ2) is 4.47. The Bertz CT molecular complexity index is 597. The van der Waals surface area contributed by atoms with Crippen LogP contribution in [0.5, 0.6) is 0 Å². The van der Waals surface area contributed by atoms with Crippen LogP contribution in [-0.2, 0) is 11.3 Å². The summed E-state index contributed by atoms with van der Waals surface area (Å²) in [7, 11) is 0. The predicted molar refractivity (Wildman–Crippen MR) is 77.6 cm³/mol. The number of aromatic nitrogens is 1. The standard InChI is InChI=1S/C16H22N2O2/c1-16(2,3)15(20)17-8-11-7-12(10-17)13-5-4-6-14(19)18(13)9-11/h4-6,11-12H,7-10H2,1-3H3. The zero-order valence-corrected chi connectivity index (χ0v) is 12.4. The van der Waals surface area contributed by atoms with E-state index in [4.69, 9.17) is 0 Å². The van der Waals surface area contributed by atoms with Gasteiger partial charge in [-0.15, -0.1) is 0 Å². The number of hydrogen-bond acceptors (Lipinski definition) is 2. The lowest BCUT2D eigenvalue weighted by Crippen LogP contribution is -2.51. The molecule has 2 aliphatic rings. The summed E-state index contributed by atoms with van der Waals surface area (Å²) in [6.07, 6.45) is 1.09. The monoisotopic (exact) mass is 274 g/mol. The molecule has 1 fully saturated rings. The van der Waals surface area contributed by atoms with Crippen LogP contribution in [0.2, 0.25) is 0 Å². The van der Waals surface area contributed by atoms with Crippen molar-refractivity contribution in [2.45, 2.75) is 39.7 Å². The van der Waals surface area contributed by atoms with Gasteiger partial charge in [-0.2, -0.15) is 0 Å². The number of fused-ring (bicyclic) bond motifs is 4. The van der Waals surface area contributed by atoms with E-state index in [-0.39, 0.29) is 16.9 Å². The fourth-order valence-corrected chi connectivity index (χ4v) is 3.54. The molecule has 3 rings (SSSR count). The fraction of sp³-hybridized carbons (Fsp3) is 0.625. The van der Waals surface area contributed by atoms with Gasteiger partial charge in [-0.25, -0.2) is 0 Å². The predicted octanol–water partition coefficient (Wildman–Crippen LogP) is 1.84. The molecule has 1 aromatic rings. The maximum Gasteiger partial charge on any atom is 0.250 e. The molecule has 108 valence electrons. The molecule has 0 radical (unpaired) electrons. The Kier molecular flexibility index (Phi) is 3.00. The second-order valence-electron chi connectivity index (χ2n) is 7.16. The Morgan fingerprint density at radius 3 is 2.65 bits per heavy atom. The third-order valence-electron chi connectivity index (χ3n) is 4.41. The number of piperidine rings is 1. The first-order chi connectivity index (χ1) is 9.36. The van der Waals surface area contributed by atoms with E-state index in [9.17, 15) is 9.59 Å². The maximum absolute atomic E-state index is 12.5. The van der Waals surface area contributed by atoms with Crippen LogP contribution in [0.4, 0.5) is 0 Å². The first kappa shape index (κ1) is 13.4. The lowest BCUT2D eigenvalue weighted by molar-refractivity contribution is -0.142. The summed E-state index contributed by atoms with van der Waals surface area (Å²) in [5.41, 5.74) is 0.857. The highest BCUT2D eigenvalue weighted by Gasteiger charge is 2.38. The maximum atomic E-state index is 12.5. The Morgan fingerprint density at radius 2 is 1.95 bits per heavy atom. The van der Waals surface area contributed by atoms with Gasteiger partial charge in [0.2, 0.25) is 5.91 Å². The third kappa shape index (κ3) is 2.17. The van der Waals surface area contributed by atoms with Gasteiger partial charge < -0.3 is 9.47 Å². The molecule has 4 heteroatoms. The second-order valence-corrected chi connectivity index (χ2v) is 7.16. The van der Waals surface area contributed by atoms with Crippen LogP contribution in [0.1, 0.15) is 38.8 Å². The van der Waals surface area contributed by atoms with Crippen molar-refractivity contribution in [3.8, 4) is 0 Å². The molecule has 1 saturated heterocycles. The Hall–Kier alpha value is -1.58. The molecule has 1 amide bonds. The molecule has 20 heavy (non-hydrogen) atoms. The van der Waals surface area contributed by atoms with E-state index >= 15 is 0 Å². The number of hydrogen-bond donors (Lipinski definition) is 0. The summed E-state index contributed by atoms with van der Waals surface area (Å²) in [5, 5.41) is 0. The van der Waals surface area contributed by atoms with Gasteiger partial charge in [-0.05, 0) is 18.4 Å². The average Bonchev–Trinajstić information content (AvgIpc) is 2.38. The average molecular weight is 274 g/mol. The van der Waals surface area contributed by atoms with Crippen LogP contribution in [0, 0.1) is 11.3 Å². The molecule has 1 aromatic heterocycles. The summed E-state index contributed by atoms with van der Waals surface area (Å²) in [6, 6.07) is 5.50. The van der Waals surface area contributed by atoms with Crippen LogP contribution in [0.15, 0.2) is 23.0 Å². The minimum atomic E-state index is -0.331. The summed E-state index contributed by atoms with van der Waals surface area (Å²) in [6.45, 7) is 8.19. The highest BCUT2D eigenvalue weighted by molar-refractivity contribution is 5.81. The topological polar surface area (TPSA) is 42.3 Å². The first-order valence-electron chi connectivity index (χ1n) is 7.35. The first-order valence-corrected chi connectivity index (χ1v) is 7.35. The summed E-state index contributed by atoms with van der Waals surface area (Å²) in [5.74, 6) is 0.939. The van der Waals surface area contributed by atoms with E-state index in [1.165, 1.54) is 0 Å². The number of pyridine rings is 1. The number of amides is 1. The molecule has 0 aromatic carbocycles. The molecule has 3 heterocycles. The molecule has 0 N–H and O–H groups in total. The van der Waals surface area contributed by atoms with Gasteiger partial charge in [0.05, 0.1) is 0 Å². The van der Waals surface area contributed by atoms with Crippen molar-refractivity contribution in [3.05, 3.63) is 34.2 Å². The van der Waals surface area contributed by atoms with Crippen molar-refractivity contribution in [2.24, 2.45) is 11.3 Å². The zero-order chi connectivity index (χ0) is 14.5. The van der Waals surface area contributed by atoms with Crippen molar-refractivity contribution in [3.63, 3.8) is 0 Å².